The van der Waals surface area contributed by atoms with Gasteiger partial charge in [-0.3, -0.25) is 9.69 Å². The fourth-order valence-electron chi connectivity index (χ4n) is 4.61. The van der Waals surface area contributed by atoms with E-state index < -0.39 is 17.7 Å². The molecule has 1 amide bonds. The van der Waals surface area contributed by atoms with Crippen molar-refractivity contribution in [2.45, 2.75) is 75.5 Å². The summed E-state index contributed by atoms with van der Waals surface area (Å²) in [5.74, 6) is -1.21. The first-order chi connectivity index (χ1) is 14.5. The van der Waals surface area contributed by atoms with Gasteiger partial charge >= 0.3 is 0 Å². The van der Waals surface area contributed by atoms with Crippen LogP contribution >= 0.6 is 0 Å². The van der Waals surface area contributed by atoms with Gasteiger partial charge in [-0.25, -0.2) is 8.78 Å². The number of nitrogens with one attached hydrogen (secondary N) is 1. The average Bonchev–Trinajstić information content (AvgIpc) is 2.62. The number of amides is 1. The number of halogens is 2. The van der Waals surface area contributed by atoms with Gasteiger partial charge in [-0.1, -0.05) is 0 Å². The monoisotopic (exact) mass is 424 g/mol. The number of carbonyl (C=O) groups is 1. The third-order valence-corrected chi connectivity index (χ3v) is 6.28. The summed E-state index contributed by atoms with van der Waals surface area (Å²) in [6.45, 7) is 1.13. The molecule has 2 N–H and O–H groups in total. The van der Waals surface area contributed by atoms with E-state index in [1.807, 2.05) is 4.90 Å². The van der Waals surface area contributed by atoms with E-state index in [0.29, 0.717) is 44.1 Å². The lowest BCUT2D eigenvalue weighted by Crippen LogP contribution is -2.55. The number of aliphatic hydroxyl groups excluding tert-OH is 1. The SMILES string of the molecule is O=C(C[C@H]1CC[C@@H]2[C@H](COC[C@@H](O)CN2Cc2cc(F)cc(F)c2)O1)NC1CCC1. The maximum Gasteiger partial charge on any atom is 0.222 e. The van der Waals surface area contributed by atoms with Crippen LogP contribution in [0.3, 0.4) is 0 Å². The first-order valence-electron chi connectivity index (χ1n) is 10.9. The van der Waals surface area contributed by atoms with E-state index in [-0.39, 0.29) is 30.8 Å². The molecule has 30 heavy (non-hydrogen) atoms. The fourth-order valence-corrected chi connectivity index (χ4v) is 4.61. The van der Waals surface area contributed by atoms with Gasteiger partial charge in [0.2, 0.25) is 5.91 Å². The van der Waals surface area contributed by atoms with Gasteiger partial charge < -0.3 is 19.9 Å². The highest BCUT2D eigenvalue weighted by Gasteiger charge is 2.38. The summed E-state index contributed by atoms with van der Waals surface area (Å²) >= 11 is 0. The van der Waals surface area contributed by atoms with Gasteiger partial charge in [-0.15, -0.1) is 0 Å². The third kappa shape index (κ3) is 5.55. The van der Waals surface area contributed by atoms with E-state index in [0.717, 1.165) is 25.3 Å². The Balaban J connectivity index is 1.40. The van der Waals surface area contributed by atoms with Gasteiger partial charge in [-0.2, -0.15) is 0 Å². The molecule has 4 rings (SSSR count). The smallest absolute Gasteiger partial charge is 0.222 e. The van der Waals surface area contributed by atoms with Crippen LogP contribution in [-0.2, 0) is 20.8 Å². The largest absolute Gasteiger partial charge is 0.389 e. The molecule has 0 spiro atoms. The van der Waals surface area contributed by atoms with Crippen molar-refractivity contribution in [3.63, 3.8) is 0 Å². The average molecular weight is 424 g/mol. The molecular weight excluding hydrogens is 394 g/mol. The van der Waals surface area contributed by atoms with E-state index in [1.54, 1.807) is 0 Å². The molecule has 3 aliphatic rings. The summed E-state index contributed by atoms with van der Waals surface area (Å²) < 4.78 is 39.1. The van der Waals surface area contributed by atoms with Crippen molar-refractivity contribution in [2.24, 2.45) is 0 Å². The van der Waals surface area contributed by atoms with E-state index >= 15 is 0 Å². The first-order valence-corrected chi connectivity index (χ1v) is 10.9. The number of hydrogen-bond donors (Lipinski definition) is 2. The van der Waals surface area contributed by atoms with Crippen LogP contribution in [0.4, 0.5) is 8.78 Å². The highest BCUT2D eigenvalue weighted by atomic mass is 19.1. The van der Waals surface area contributed by atoms with Crippen molar-refractivity contribution in [3.05, 3.63) is 35.4 Å². The molecule has 2 saturated heterocycles. The molecule has 4 atom stereocenters. The molecule has 166 valence electrons. The normalized spacial score (nSPS) is 30.6. The molecule has 2 heterocycles. The van der Waals surface area contributed by atoms with Crippen LogP contribution in [-0.4, -0.2) is 66.1 Å². The second kappa shape index (κ2) is 9.68. The van der Waals surface area contributed by atoms with Gasteiger partial charge in [0.1, 0.15) is 11.6 Å². The number of hydrogen-bond acceptors (Lipinski definition) is 5. The zero-order valence-electron chi connectivity index (χ0n) is 17.1. The zero-order valence-corrected chi connectivity index (χ0v) is 17.1. The van der Waals surface area contributed by atoms with Crippen molar-refractivity contribution >= 4 is 5.91 Å². The number of carbonyl (C=O) groups excluding carboxylic acids is 1. The maximum atomic E-state index is 13.6. The number of fused-ring (bicyclic) bond motifs is 1. The molecule has 0 bridgehead atoms. The molecule has 0 unspecified atom stereocenters. The summed E-state index contributed by atoms with van der Waals surface area (Å²) in [5.41, 5.74) is 0.516. The molecule has 2 aliphatic heterocycles. The standard InChI is InChI=1S/C22H30F2N2O4/c23-15-6-14(7-16(24)8-15)10-26-11-18(27)12-29-13-21-20(26)5-4-19(30-21)9-22(28)25-17-2-1-3-17/h6-8,17-21,27H,1-5,9-13H2,(H,25,28)/t18-,19+,20+,21-/m0/s1. The van der Waals surface area contributed by atoms with Gasteiger partial charge in [0, 0.05) is 31.2 Å². The second-order valence-electron chi connectivity index (χ2n) is 8.74. The molecule has 1 aliphatic carbocycles. The van der Waals surface area contributed by atoms with Crippen molar-refractivity contribution in [1.29, 1.82) is 0 Å². The predicted molar refractivity (Wildman–Crippen MR) is 106 cm³/mol. The fraction of sp³-hybridized carbons (Fsp3) is 0.682. The minimum Gasteiger partial charge on any atom is -0.389 e. The Morgan fingerprint density at radius 2 is 1.90 bits per heavy atom. The summed E-state index contributed by atoms with van der Waals surface area (Å²) in [5, 5.41) is 13.3. The van der Waals surface area contributed by atoms with E-state index in [1.165, 1.54) is 18.6 Å². The number of nitrogens with zero attached hydrogens (tertiary/aromatic N) is 1. The summed E-state index contributed by atoms with van der Waals surface area (Å²) in [4.78, 5) is 14.3. The van der Waals surface area contributed by atoms with Crippen LogP contribution in [0.1, 0.15) is 44.1 Å². The van der Waals surface area contributed by atoms with E-state index in [9.17, 15) is 18.7 Å². The summed E-state index contributed by atoms with van der Waals surface area (Å²) in [6, 6.07) is 3.74. The number of benzene rings is 1. The Morgan fingerprint density at radius 1 is 1.13 bits per heavy atom. The van der Waals surface area contributed by atoms with Crippen molar-refractivity contribution in [2.75, 3.05) is 19.8 Å². The Bertz CT molecular complexity index is 726. The first kappa shape index (κ1) is 21.6. The van der Waals surface area contributed by atoms with Crippen molar-refractivity contribution < 1.29 is 28.2 Å². The van der Waals surface area contributed by atoms with Crippen LogP contribution in [0.2, 0.25) is 0 Å². The van der Waals surface area contributed by atoms with Crippen LogP contribution in [0.5, 0.6) is 0 Å². The lowest BCUT2D eigenvalue weighted by atomic mass is 9.92. The summed E-state index contributed by atoms with van der Waals surface area (Å²) in [7, 11) is 0. The Labute approximate surface area is 175 Å². The highest BCUT2D eigenvalue weighted by Crippen LogP contribution is 2.29. The van der Waals surface area contributed by atoms with Gasteiger partial charge in [0.25, 0.3) is 0 Å². The molecule has 0 aromatic heterocycles. The number of ether oxygens (including phenoxy) is 2. The topological polar surface area (TPSA) is 71.0 Å². The minimum absolute atomic E-state index is 0.0254. The van der Waals surface area contributed by atoms with Crippen molar-refractivity contribution in [3.8, 4) is 0 Å². The number of β-amino-alcohol motifs (C(OH)–C–C–N with tert-alkyl or cyclic N) is 1. The predicted octanol–water partition coefficient (Wildman–Crippen LogP) is 2.13. The van der Waals surface area contributed by atoms with Crippen LogP contribution in [0, 0.1) is 11.6 Å². The molecule has 6 nitrogen and oxygen atoms in total. The molecular formula is C22H30F2N2O4. The molecule has 3 fully saturated rings. The molecule has 1 aromatic rings. The quantitative estimate of drug-likeness (QED) is 0.758. The van der Waals surface area contributed by atoms with E-state index in [2.05, 4.69) is 5.32 Å². The Morgan fingerprint density at radius 3 is 2.60 bits per heavy atom. The third-order valence-electron chi connectivity index (χ3n) is 6.28. The number of rotatable bonds is 5. The van der Waals surface area contributed by atoms with Gasteiger partial charge in [-0.05, 0) is 49.8 Å². The maximum absolute atomic E-state index is 13.6. The summed E-state index contributed by atoms with van der Waals surface area (Å²) in [6.07, 6.45) is 3.96. The Kier molecular flexibility index (Phi) is 6.98. The van der Waals surface area contributed by atoms with Gasteiger partial charge in [0.05, 0.1) is 37.9 Å². The second-order valence-corrected chi connectivity index (χ2v) is 8.74. The van der Waals surface area contributed by atoms with Gasteiger partial charge in [0.15, 0.2) is 0 Å². The zero-order chi connectivity index (χ0) is 21.1. The van der Waals surface area contributed by atoms with Crippen LogP contribution in [0.15, 0.2) is 18.2 Å². The lowest BCUT2D eigenvalue weighted by Gasteiger charge is -2.44. The molecule has 0 radical (unpaired) electrons. The highest BCUT2D eigenvalue weighted by molar-refractivity contribution is 5.76. The molecule has 8 heteroatoms. The molecule has 1 saturated carbocycles. The van der Waals surface area contributed by atoms with E-state index in [4.69, 9.17) is 9.47 Å². The van der Waals surface area contributed by atoms with Crippen molar-refractivity contribution in [1.82, 2.24) is 10.2 Å². The minimum atomic E-state index is -0.685. The number of aliphatic hydroxyl groups is 1. The Hall–Kier alpha value is -1.61. The van der Waals surface area contributed by atoms with Crippen LogP contribution < -0.4 is 5.32 Å². The molecule has 1 aromatic carbocycles. The van der Waals surface area contributed by atoms with Crippen LogP contribution in [0.25, 0.3) is 0 Å². The lowest BCUT2D eigenvalue weighted by molar-refractivity contribution is -0.158.